The van der Waals surface area contributed by atoms with Crippen LogP contribution in [-0.2, 0) is 10.1 Å². The van der Waals surface area contributed by atoms with Gasteiger partial charge in [-0.15, -0.1) is 11.3 Å². The van der Waals surface area contributed by atoms with Crippen LogP contribution in [0.3, 0.4) is 0 Å². The topological polar surface area (TPSA) is 54.4 Å². The molecule has 108 valence electrons. The smallest absolute Gasteiger partial charge is 1.00 e. The first-order valence-corrected chi connectivity index (χ1v) is 8.53. The van der Waals surface area contributed by atoms with Crippen molar-refractivity contribution in [2.75, 3.05) is 0 Å². The number of benzene rings is 2. The van der Waals surface area contributed by atoms with E-state index in [4.69, 9.17) is 4.55 Å². The molecule has 0 saturated heterocycles. The molecule has 0 bridgehead atoms. The summed E-state index contributed by atoms with van der Waals surface area (Å²) in [6, 6.07) is 21.0. The Labute approximate surface area is 157 Å². The summed E-state index contributed by atoms with van der Waals surface area (Å²) in [5, 5.41) is 0. The molecule has 0 fully saturated rings. The fraction of sp³-hybridized carbons (Fsp3) is 0. The Bertz CT molecular complexity index is 860. The molecule has 1 aromatic heterocycles. The summed E-state index contributed by atoms with van der Waals surface area (Å²) in [6.07, 6.45) is 0. The summed E-state index contributed by atoms with van der Waals surface area (Å²) >= 11 is 1.06. The van der Waals surface area contributed by atoms with E-state index in [2.05, 4.69) is 0 Å². The van der Waals surface area contributed by atoms with Crippen molar-refractivity contribution in [1.82, 2.24) is 0 Å². The van der Waals surface area contributed by atoms with Crippen molar-refractivity contribution in [1.29, 1.82) is 0 Å². The zero-order valence-corrected chi connectivity index (χ0v) is 15.6. The minimum Gasteiger partial charge on any atom is -1.00 e. The fourth-order valence-electron chi connectivity index (χ4n) is 2.07. The normalized spacial score (nSPS) is 11.0. The van der Waals surface area contributed by atoms with Crippen molar-refractivity contribution in [3.8, 4) is 21.6 Å². The van der Waals surface area contributed by atoms with Gasteiger partial charge in [-0.3, -0.25) is 4.55 Å². The molecule has 1 heterocycles. The van der Waals surface area contributed by atoms with Gasteiger partial charge in [0, 0.05) is 4.88 Å². The number of rotatable bonds is 3. The monoisotopic (exact) mass is 340 g/mol. The maximum atomic E-state index is 11.1. The van der Waals surface area contributed by atoms with Crippen LogP contribution in [0.5, 0.6) is 0 Å². The quantitative estimate of drug-likeness (QED) is 0.580. The van der Waals surface area contributed by atoms with E-state index in [9.17, 15) is 8.42 Å². The SMILES string of the molecule is O=S(=O)(O)c1ccc(-c2ccc(-c3ccccc3)cc2)s1.[H-].[Na+]. The first-order chi connectivity index (χ1) is 10.0. The van der Waals surface area contributed by atoms with Gasteiger partial charge >= 0.3 is 39.7 Å². The van der Waals surface area contributed by atoms with E-state index in [-0.39, 0.29) is 35.2 Å². The van der Waals surface area contributed by atoms with Crippen LogP contribution in [0.25, 0.3) is 21.6 Å². The number of thiophene rings is 1. The molecule has 0 unspecified atom stereocenters. The average Bonchev–Trinajstić information content (AvgIpc) is 2.98. The first-order valence-electron chi connectivity index (χ1n) is 6.27. The van der Waals surface area contributed by atoms with Crippen LogP contribution in [0.2, 0.25) is 0 Å². The molecule has 0 radical (unpaired) electrons. The summed E-state index contributed by atoms with van der Waals surface area (Å²) < 4.78 is 31.2. The molecular weight excluding hydrogens is 327 g/mol. The Kier molecular flexibility index (Phi) is 5.60. The van der Waals surface area contributed by atoms with E-state index in [1.165, 1.54) is 6.07 Å². The Balaban J connectivity index is 0.00000132. The van der Waals surface area contributed by atoms with Gasteiger partial charge in [0.15, 0.2) is 0 Å². The van der Waals surface area contributed by atoms with Gasteiger partial charge < -0.3 is 1.43 Å². The largest absolute Gasteiger partial charge is 1.00 e. The Morgan fingerprint density at radius 1 is 0.773 bits per heavy atom. The third kappa shape index (κ3) is 3.87. The van der Waals surface area contributed by atoms with Gasteiger partial charge in [-0.1, -0.05) is 54.6 Å². The van der Waals surface area contributed by atoms with Gasteiger partial charge in [0.25, 0.3) is 0 Å². The minimum absolute atomic E-state index is 0. The number of hydrogen-bond acceptors (Lipinski definition) is 3. The van der Waals surface area contributed by atoms with Crippen molar-refractivity contribution in [2.24, 2.45) is 0 Å². The Morgan fingerprint density at radius 3 is 1.86 bits per heavy atom. The standard InChI is InChI=1S/C16H12O3S2.Na.H/c17-21(18,19)16-11-10-15(20-16)14-8-6-13(7-9-14)12-4-2-1-3-5-12;;/h1-11H,(H,17,18,19);;/q;+1;-1. The molecule has 3 aromatic rings. The maximum Gasteiger partial charge on any atom is 1.00 e. The van der Waals surface area contributed by atoms with Gasteiger partial charge in [-0.25, -0.2) is 0 Å². The van der Waals surface area contributed by atoms with Crippen LogP contribution in [0.15, 0.2) is 70.9 Å². The van der Waals surface area contributed by atoms with Crippen molar-refractivity contribution >= 4 is 21.5 Å². The molecule has 0 aliphatic heterocycles. The predicted octanol–water partition coefficient (Wildman–Crippen LogP) is 1.45. The zero-order valence-electron chi connectivity index (χ0n) is 12.9. The molecule has 0 saturated carbocycles. The predicted molar refractivity (Wildman–Crippen MR) is 86.1 cm³/mol. The third-order valence-corrected chi connectivity index (χ3v) is 5.57. The van der Waals surface area contributed by atoms with E-state index in [1.54, 1.807) is 6.07 Å². The molecule has 0 aliphatic rings. The van der Waals surface area contributed by atoms with E-state index in [1.807, 2.05) is 54.6 Å². The van der Waals surface area contributed by atoms with Crippen molar-refractivity contribution in [3.05, 3.63) is 66.7 Å². The molecule has 0 amide bonds. The van der Waals surface area contributed by atoms with Crippen molar-refractivity contribution < 1.29 is 44.0 Å². The molecule has 3 rings (SSSR count). The van der Waals surface area contributed by atoms with E-state index in [0.29, 0.717) is 0 Å². The summed E-state index contributed by atoms with van der Waals surface area (Å²) in [4.78, 5) is 0.808. The fourth-order valence-corrected chi connectivity index (χ4v) is 3.74. The Hall–Kier alpha value is -0.950. The Morgan fingerprint density at radius 2 is 1.32 bits per heavy atom. The molecule has 0 atom stereocenters. The molecule has 0 aliphatic carbocycles. The average molecular weight is 340 g/mol. The van der Waals surface area contributed by atoms with E-state index in [0.717, 1.165) is 32.9 Å². The van der Waals surface area contributed by atoms with Crippen LogP contribution in [0, 0.1) is 0 Å². The van der Waals surface area contributed by atoms with Crippen molar-refractivity contribution in [3.63, 3.8) is 0 Å². The molecule has 22 heavy (non-hydrogen) atoms. The first kappa shape index (κ1) is 17.4. The zero-order chi connectivity index (χ0) is 14.9. The van der Waals surface area contributed by atoms with Crippen molar-refractivity contribution in [2.45, 2.75) is 4.21 Å². The molecule has 0 spiro atoms. The van der Waals surface area contributed by atoms with Gasteiger partial charge in [-0.2, -0.15) is 8.42 Å². The molecule has 2 aromatic carbocycles. The van der Waals surface area contributed by atoms with Gasteiger partial charge in [0.05, 0.1) is 0 Å². The third-order valence-electron chi connectivity index (χ3n) is 3.11. The van der Waals surface area contributed by atoms with Gasteiger partial charge in [0.2, 0.25) is 0 Å². The second-order valence-electron chi connectivity index (χ2n) is 4.54. The van der Waals surface area contributed by atoms with E-state index < -0.39 is 10.1 Å². The van der Waals surface area contributed by atoms with Crippen LogP contribution in [-0.4, -0.2) is 13.0 Å². The van der Waals surface area contributed by atoms with Crippen LogP contribution in [0.4, 0.5) is 0 Å². The molecule has 1 N–H and O–H groups in total. The molecular formula is C16H13NaO3S2. The summed E-state index contributed by atoms with van der Waals surface area (Å²) in [5.41, 5.74) is 3.16. The minimum atomic E-state index is -4.12. The van der Waals surface area contributed by atoms with Gasteiger partial charge in [-0.05, 0) is 28.8 Å². The summed E-state index contributed by atoms with van der Waals surface area (Å²) in [7, 11) is -4.12. The second-order valence-corrected chi connectivity index (χ2v) is 7.27. The second kappa shape index (κ2) is 7.08. The molecule has 6 heteroatoms. The maximum absolute atomic E-state index is 11.1. The van der Waals surface area contributed by atoms with E-state index >= 15 is 0 Å². The summed E-state index contributed by atoms with van der Waals surface area (Å²) in [6.45, 7) is 0. The summed E-state index contributed by atoms with van der Waals surface area (Å²) in [5.74, 6) is 0. The number of hydrogen-bond donors (Lipinski definition) is 1. The van der Waals surface area contributed by atoms with Crippen LogP contribution < -0.4 is 29.6 Å². The van der Waals surface area contributed by atoms with Crippen LogP contribution >= 0.6 is 11.3 Å². The van der Waals surface area contributed by atoms with Gasteiger partial charge in [0.1, 0.15) is 4.21 Å². The van der Waals surface area contributed by atoms with Crippen LogP contribution in [0.1, 0.15) is 1.43 Å². The molecule has 3 nitrogen and oxygen atoms in total.